The molecule has 0 saturated carbocycles. The Hall–Kier alpha value is -0.0800. The van der Waals surface area contributed by atoms with Gasteiger partial charge >= 0.3 is 0 Å². The second kappa shape index (κ2) is 10.9. The average molecular weight is 463 g/mol. The lowest BCUT2D eigenvalue weighted by Gasteiger charge is -2.32. The van der Waals surface area contributed by atoms with Gasteiger partial charge in [0.05, 0.1) is 0 Å². The number of hydrogen-bond donors (Lipinski definition) is 1. The summed E-state index contributed by atoms with van der Waals surface area (Å²) in [5.41, 5.74) is 0. The molecule has 0 bridgehead atoms. The highest BCUT2D eigenvalue weighted by molar-refractivity contribution is 14.0. The Morgan fingerprint density at radius 2 is 1.80 bits per heavy atom. The van der Waals surface area contributed by atoms with E-state index < -0.39 is 0 Å². The first-order chi connectivity index (χ1) is 11.8. The van der Waals surface area contributed by atoms with Gasteiger partial charge in [-0.3, -0.25) is 9.89 Å². The van der Waals surface area contributed by atoms with Crippen LogP contribution in [0.3, 0.4) is 0 Å². The summed E-state index contributed by atoms with van der Waals surface area (Å²) in [6, 6.07) is 0.746. The Kier molecular flexibility index (Phi) is 9.27. The molecule has 2 unspecified atom stereocenters. The number of halogens is 1. The van der Waals surface area contributed by atoms with Crippen molar-refractivity contribution in [1.29, 1.82) is 0 Å². The molecule has 2 atom stereocenters. The standard InChI is InChI=1S/C19H37N5.HI/c1-3-20-19(21-14-17-8-12-22(4-2)15-17)24-13-9-18(16-24)23-10-6-5-7-11-23;/h17-18H,3-16H2,1-2H3,(H,20,21);1H. The topological polar surface area (TPSA) is 34.1 Å². The maximum atomic E-state index is 5.01. The van der Waals surface area contributed by atoms with Crippen LogP contribution in [-0.2, 0) is 0 Å². The molecule has 0 aliphatic carbocycles. The number of piperidine rings is 1. The van der Waals surface area contributed by atoms with Crippen LogP contribution in [0.1, 0.15) is 46.0 Å². The number of nitrogens with one attached hydrogen (secondary N) is 1. The minimum Gasteiger partial charge on any atom is -0.357 e. The van der Waals surface area contributed by atoms with E-state index in [-0.39, 0.29) is 24.0 Å². The molecule has 0 spiro atoms. The molecule has 3 aliphatic heterocycles. The Labute approximate surface area is 171 Å². The van der Waals surface area contributed by atoms with E-state index in [9.17, 15) is 0 Å². The van der Waals surface area contributed by atoms with Crippen LogP contribution >= 0.6 is 24.0 Å². The van der Waals surface area contributed by atoms with Gasteiger partial charge in [0.2, 0.25) is 0 Å². The van der Waals surface area contributed by atoms with Crippen LogP contribution in [0.25, 0.3) is 0 Å². The molecule has 0 amide bonds. The van der Waals surface area contributed by atoms with Crippen molar-refractivity contribution in [2.75, 3.05) is 58.9 Å². The van der Waals surface area contributed by atoms with Crippen LogP contribution in [0.15, 0.2) is 4.99 Å². The largest absolute Gasteiger partial charge is 0.357 e. The number of nitrogens with zero attached hydrogens (tertiary/aromatic N) is 4. The van der Waals surface area contributed by atoms with Gasteiger partial charge in [0, 0.05) is 38.8 Å². The Balaban J connectivity index is 0.00000225. The summed E-state index contributed by atoms with van der Waals surface area (Å²) in [5, 5.41) is 3.54. The summed E-state index contributed by atoms with van der Waals surface area (Å²) in [7, 11) is 0. The van der Waals surface area contributed by atoms with Gasteiger partial charge in [-0.25, -0.2) is 0 Å². The Morgan fingerprint density at radius 1 is 1.00 bits per heavy atom. The predicted octanol–water partition coefficient (Wildman–Crippen LogP) is 2.47. The fourth-order valence-electron chi connectivity index (χ4n) is 4.51. The first kappa shape index (κ1) is 21.2. The van der Waals surface area contributed by atoms with Gasteiger partial charge in [-0.05, 0) is 64.7 Å². The minimum atomic E-state index is 0. The van der Waals surface area contributed by atoms with E-state index in [2.05, 4.69) is 33.9 Å². The number of aliphatic imine (C=N–C) groups is 1. The summed E-state index contributed by atoms with van der Waals surface area (Å²) in [5.74, 6) is 1.91. The fraction of sp³-hybridized carbons (Fsp3) is 0.947. The van der Waals surface area contributed by atoms with Crippen molar-refractivity contribution in [2.45, 2.75) is 52.0 Å². The molecule has 0 aromatic carbocycles. The zero-order valence-corrected chi connectivity index (χ0v) is 18.6. The van der Waals surface area contributed by atoms with Gasteiger partial charge in [0.1, 0.15) is 0 Å². The quantitative estimate of drug-likeness (QED) is 0.386. The lowest BCUT2D eigenvalue weighted by Crippen LogP contribution is -2.44. The van der Waals surface area contributed by atoms with Crippen LogP contribution in [0.4, 0.5) is 0 Å². The van der Waals surface area contributed by atoms with E-state index in [0.717, 1.165) is 37.6 Å². The number of likely N-dealkylation sites (tertiary alicyclic amines) is 3. The lowest BCUT2D eigenvalue weighted by molar-refractivity contribution is 0.168. The Bertz CT molecular complexity index is 411. The second-order valence-corrected chi connectivity index (χ2v) is 7.73. The molecule has 0 aromatic heterocycles. The fourth-order valence-corrected chi connectivity index (χ4v) is 4.51. The number of rotatable bonds is 5. The van der Waals surface area contributed by atoms with Crippen molar-refractivity contribution in [3.8, 4) is 0 Å². The molecule has 0 aromatic rings. The molecule has 3 aliphatic rings. The van der Waals surface area contributed by atoms with Crippen molar-refractivity contribution >= 4 is 29.9 Å². The molecule has 146 valence electrons. The summed E-state index contributed by atoms with van der Waals surface area (Å²) >= 11 is 0. The van der Waals surface area contributed by atoms with Crippen LogP contribution < -0.4 is 5.32 Å². The minimum absolute atomic E-state index is 0. The highest BCUT2D eigenvalue weighted by atomic mass is 127. The molecule has 0 radical (unpaired) electrons. The first-order valence-corrected chi connectivity index (χ1v) is 10.3. The van der Waals surface area contributed by atoms with Crippen molar-refractivity contribution in [1.82, 2.24) is 20.0 Å². The van der Waals surface area contributed by atoms with Crippen molar-refractivity contribution in [2.24, 2.45) is 10.9 Å². The van der Waals surface area contributed by atoms with Gasteiger partial charge in [-0.2, -0.15) is 0 Å². The summed E-state index contributed by atoms with van der Waals surface area (Å²) < 4.78 is 0. The zero-order chi connectivity index (χ0) is 16.8. The van der Waals surface area contributed by atoms with E-state index in [1.807, 2.05) is 0 Å². The molecule has 3 fully saturated rings. The molecule has 25 heavy (non-hydrogen) atoms. The average Bonchev–Trinajstić information content (AvgIpc) is 3.29. The first-order valence-electron chi connectivity index (χ1n) is 10.3. The van der Waals surface area contributed by atoms with E-state index >= 15 is 0 Å². The summed E-state index contributed by atoms with van der Waals surface area (Å²) in [6.07, 6.45) is 6.82. The van der Waals surface area contributed by atoms with Crippen LogP contribution in [0.5, 0.6) is 0 Å². The number of guanidine groups is 1. The van der Waals surface area contributed by atoms with Crippen molar-refractivity contribution < 1.29 is 0 Å². The second-order valence-electron chi connectivity index (χ2n) is 7.73. The number of hydrogen-bond acceptors (Lipinski definition) is 3. The monoisotopic (exact) mass is 463 g/mol. The molecular formula is C19H38IN5. The van der Waals surface area contributed by atoms with Gasteiger partial charge in [0.25, 0.3) is 0 Å². The Morgan fingerprint density at radius 3 is 2.48 bits per heavy atom. The maximum absolute atomic E-state index is 5.01. The predicted molar refractivity (Wildman–Crippen MR) is 117 cm³/mol. The third-order valence-corrected chi connectivity index (χ3v) is 6.02. The van der Waals surface area contributed by atoms with Crippen LogP contribution in [0.2, 0.25) is 0 Å². The highest BCUT2D eigenvalue weighted by Crippen LogP contribution is 2.21. The molecule has 3 saturated heterocycles. The van der Waals surface area contributed by atoms with E-state index in [1.165, 1.54) is 71.4 Å². The van der Waals surface area contributed by atoms with Gasteiger partial charge < -0.3 is 15.1 Å². The van der Waals surface area contributed by atoms with Gasteiger partial charge in [-0.15, -0.1) is 24.0 Å². The third kappa shape index (κ3) is 5.96. The zero-order valence-electron chi connectivity index (χ0n) is 16.3. The van der Waals surface area contributed by atoms with E-state index in [4.69, 9.17) is 4.99 Å². The van der Waals surface area contributed by atoms with Crippen LogP contribution in [0, 0.1) is 5.92 Å². The normalized spacial score (nSPS) is 29.0. The van der Waals surface area contributed by atoms with Crippen molar-refractivity contribution in [3.05, 3.63) is 0 Å². The van der Waals surface area contributed by atoms with Crippen molar-refractivity contribution in [3.63, 3.8) is 0 Å². The van der Waals surface area contributed by atoms with Crippen LogP contribution in [-0.4, -0.2) is 85.6 Å². The highest BCUT2D eigenvalue weighted by Gasteiger charge is 2.30. The maximum Gasteiger partial charge on any atom is 0.193 e. The smallest absolute Gasteiger partial charge is 0.193 e. The summed E-state index contributed by atoms with van der Waals surface area (Å²) in [4.78, 5) is 12.8. The SMILES string of the molecule is CCNC(=NCC1CCN(CC)C1)N1CCC(N2CCCCC2)C1.I. The molecule has 5 nitrogen and oxygen atoms in total. The molecule has 3 rings (SSSR count). The van der Waals surface area contributed by atoms with E-state index in [1.54, 1.807) is 0 Å². The van der Waals surface area contributed by atoms with E-state index in [0.29, 0.717) is 0 Å². The molecule has 1 N–H and O–H groups in total. The van der Waals surface area contributed by atoms with Gasteiger partial charge in [0.15, 0.2) is 5.96 Å². The summed E-state index contributed by atoms with van der Waals surface area (Å²) in [6.45, 7) is 15.0. The third-order valence-electron chi connectivity index (χ3n) is 6.02. The lowest BCUT2D eigenvalue weighted by atomic mass is 10.1. The molecule has 3 heterocycles. The molecular weight excluding hydrogens is 425 g/mol. The molecule has 6 heteroatoms. The van der Waals surface area contributed by atoms with Gasteiger partial charge in [-0.1, -0.05) is 13.3 Å².